The van der Waals surface area contributed by atoms with Crippen molar-refractivity contribution in [3.63, 3.8) is 0 Å². The molecule has 0 saturated heterocycles. The summed E-state index contributed by atoms with van der Waals surface area (Å²) in [5.41, 5.74) is 2.44. The molecule has 2 aromatic rings. The molecule has 1 aliphatic heterocycles. The zero-order valence-electron chi connectivity index (χ0n) is 17.4. The van der Waals surface area contributed by atoms with Crippen LogP contribution in [0, 0.1) is 0 Å². The second-order valence-electron chi connectivity index (χ2n) is 7.21. The molecule has 0 N–H and O–H groups in total. The SMILES string of the molecule is COc1ccc(C2=C(N(C)Cc3ccccc3)C(=O)N(C(C)C)C2=O)cc1OC. The first-order valence-electron chi connectivity index (χ1n) is 9.48. The molecule has 0 atom stereocenters. The Labute approximate surface area is 171 Å². The molecule has 0 radical (unpaired) electrons. The van der Waals surface area contributed by atoms with Crippen molar-refractivity contribution < 1.29 is 19.1 Å². The maximum atomic E-state index is 13.2. The normalized spacial score (nSPS) is 14.1. The average molecular weight is 394 g/mol. The van der Waals surface area contributed by atoms with E-state index in [1.807, 2.05) is 56.1 Å². The van der Waals surface area contributed by atoms with Crippen molar-refractivity contribution in [2.45, 2.75) is 26.4 Å². The number of likely N-dealkylation sites (N-methyl/N-ethyl adjacent to an activating group) is 1. The van der Waals surface area contributed by atoms with Crippen LogP contribution in [0.1, 0.15) is 25.0 Å². The maximum Gasteiger partial charge on any atom is 0.278 e. The van der Waals surface area contributed by atoms with Crippen molar-refractivity contribution in [1.29, 1.82) is 0 Å². The van der Waals surface area contributed by atoms with Gasteiger partial charge in [0.15, 0.2) is 11.5 Å². The first kappa shape index (κ1) is 20.5. The second kappa shape index (κ2) is 8.39. The third-order valence-corrected chi connectivity index (χ3v) is 4.92. The van der Waals surface area contributed by atoms with Gasteiger partial charge in [-0.2, -0.15) is 0 Å². The van der Waals surface area contributed by atoms with Crippen LogP contribution in [0.15, 0.2) is 54.2 Å². The van der Waals surface area contributed by atoms with Gasteiger partial charge >= 0.3 is 0 Å². The summed E-state index contributed by atoms with van der Waals surface area (Å²) in [6.07, 6.45) is 0. The van der Waals surface area contributed by atoms with E-state index in [0.717, 1.165) is 5.56 Å². The van der Waals surface area contributed by atoms with Crippen LogP contribution >= 0.6 is 0 Å². The molecule has 152 valence electrons. The summed E-state index contributed by atoms with van der Waals surface area (Å²) >= 11 is 0. The topological polar surface area (TPSA) is 59.1 Å². The molecule has 0 aromatic heterocycles. The van der Waals surface area contributed by atoms with Gasteiger partial charge in [0, 0.05) is 19.6 Å². The highest BCUT2D eigenvalue weighted by molar-refractivity contribution is 6.35. The maximum absolute atomic E-state index is 13.2. The first-order chi connectivity index (χ1) is 13.9. The van der Waals surface area contributed by atoms with Crippen LogP contribution in [0.5, 0.6) is 11.5 Å². The van der Waals surface area contributed by atoms with Gasteiger partial charge in [0.25, 0.3) is 11.8 Å². The van der Waals surface area contributed by atoms with Gasteiger partial charge in [-0.05, 0) is 37.1 Å². The summed E-state index contributed by atoms with van der Waals surface area (Å²) in [7, 11) is 4.93. The van der Waals surface area contributed by atoms with Crippen molar-refractivity contribution >= 4 is 17.4 Å². The Morgan fingerprint density at radius 3 is 2.17 bits per heavy atom. The van der Waals surface area contributed by atoms with Gasteiger partial charge in [-0.15, -0.1) is 0 Å². The minimum atomic E-state index is -0.299. The number of hydrogen-bond acceptors (Lipinski definition) is 5. The highest BCUT2D eigenvalue weighted by Gasteiger charge is 2.42. The molecular formula is C23H26N2O4. The number of amides is 2. The lowest BCUT2D eigenvalue weighted by atomic mass is 10.0. The molecule has 0 spiro atoms. The van der Waals surface area contributed by atoms with E-state index in [1.54, 1.807) is 32.4 Å². The lowest BCUT2D eigenvalue weighted by Gasteiger charge is -2.23. The van der Waals surface area contributed by atoms with E-state index in [-0.39, 0.29) is 17.9 Å². The van der Waals surface area contributed by atoms with E-state index in [1.165, 1.54) is 4.90 Å². The minimum Gasteiger partial charge on any atom is -0.493 e. The Morgan fingerprint density at radius 2 is 1.59 bits per heavy atom. The molecule has 2 aromatic carbocycles. The highest BCUT2D eigenvalue weighted by Crippen LogP contribution is 2.37. The van der Waals surface area contributed by atoms with Crippen molar-refractivity contribution in [3.05, 3.63) is 65.4 Å². The van der Waals surface area contributed by atoms with Crippen LogP contribution in [-0.4, -0.2) is 48.9 Å². The van der Waals surface area contributed by atoms with Crippen LogP contribution in [0.25, 0.3) is 5.57 Å². The van der Waals surface area contributed by atoms with Crippen LogP contribution < -0.4 is 9.47 Å². The fourth-order valence-corrected chi connectivity index (χ4v) is 3.55. The molecule has 0 fully saturated rings. The van der Waals surface area contributed by atoms with Gasteiger partial charge in [0.2, 0.25) is 0 Å². The number of methoxy groups -OCH3 is 2. The van der Waals surface area contributed by atoms with Crippen molar-refractivity contribution in [2.24, 2.45) is 0 Å². The molecule has 6 heteroatoms. The van der Waals surface area contributed by atoms with E-state index >= 15 is 0 Å². The molecule has 3 rings (SSSR count). The highest BCUT2D eigenvalue weighted by atomic mass is 16.5. The van der Waals surface area contributed by atoms with E-state index in [9.17, 15) is 9.59 Å². The predicted octanol–water partition coefficient (Wildman–Crippen LogP) is 3.32. The standard InChI is InChI=1S/C23H26N2O4/c1-15(2)25-22(26)20(17-11-12-18(28-4)19(13-17)29-5)21(23(25)27)24(3)14-16-9-7-6-8-10-16/h6-13,15H,14H2,1-5H3. The Morgan fingerprint density at radius 1 is 0.931 bits per heavy atom. The van der Waals surface area contributed by atoms with E-state index < -0.39 is 0 Å². The van der Waals surface area contributed by atoms with Crippen LogP contribution in [0.4, 0.5) is 0 Å². The van der Waals surface area contributed by atoms with Gasteiger partial charge < -0.3 is 14.4 Å². The average Bonchev–Trinajstić information content (AvgIpc) is 2.98. The Bertz CT molecular complexity index is 951. The van der Waals surface area contributed by atoms with Crippen molar-refractivity contribution in [2.75, 3.05) is 21.3 Å². The lowest BCUT2D eigenvalue weighted by molar-refractivity contribution is -0.139. The fourth-order valence-electron chi connectivity index (χ4n) is 3.55. The third kappa shape index (κ3) is 3.83. The summed E-state index contributed by atoms with van der Waals surface area (Å²) < 4.78 is 10.7. The van der Waals surface area contributed by atoms with Gasteiger partial charge in [-0.3, -0.25) is 14.5 Å². The number of benzene rings is 2. The molecular weight excluding hydrogens is 368 g/mol. The van der Waals surface area contributed by atoms with Crippen LogP contribution in [-0.2, 0) is 16.1 Å². The Balaban J connectivity index is 2.11. The Kier molecular flexibility index (Phi) is 5.92. The number of imide groups is 1. The van der Waals surface area contributed by atoms with E-state index in [0.29, 0.717) is 34.9 Å². The summed E-state index contributed by atoms with van der Waals surface area (Å²) in [5.74, 6) is 0.486. The molecule has 0 unspecified atom stereocenters. The van der Waals surface area contributed by atoms with Gasteiger partial charge in [-0.1, -0.05) is 36.4 Å². The monoisotopic (exact) mass is 394 g/mol. The quantitative estimate of drug-likeness (QED) is 0.675. The fraction of sp³-hybridized carbons (Fsp3) is 0.304. The number of rotatable bonds is 7. The molecule has 0 bridgehead atoms. The van der Waals surface area contributed by atoms with E-state index in [4.69, 9.17) is 9.47 Å². The van der Waals surface area contributed by atoms with Gasteiger partial charge in [0.1, 0.15) is 5.70 Å². The molecule has 0 aliphatic carbocycles. The van der Waals surface area contributed by atoms with Crippen LogP contribution in [0.2, 0.25) is 0 Å². The molecule has 1 heterocycles. The van der Waals surface area contributed by atoms with Crippen molar-refractivity contribution in [1.82, 2.24) is 9.80 Å². The van der Waals surface area contributed by atoms with Crippen LogP contribution in [0.3, 0.4) is 0 Å². The number of hydrogen-bond donors (Lipinski definition) is 0. The molecule has 29 heavy (non-hydrogen) atoms. The first-order valence-corrected chi connectivity index (χ1v) is 9.48. The minimum absolute atomic E-state index is 0.243. The molecule has 2 amide bonds. The summed E-state index contributed by atoms with van der Waals surface area (Å²) in [6.45, 7) is 4.18. The zero-order valence-corrected chi connectivity index (χ0v) is 17.4. The number of nitrogens with zero attached hydrogens (tertiary/aromatic N) is 2. The smallest absolute Gasteiger partial charge is 0.278 e. The Hall–Kier alpha value is -3.28. The second-order valence-corrected chi connectivity index (χ2v) is 7.21. The van der Waals surface area contributed by atoms with Gasteiger partial charge in [-0.25, -0.2) is 0 Å². The summed E-state index contributed by atoms with van der Waals surface area (Å²) in [4.78, 5) is 29.6. The molecule has 1 aliphatic rings. The third-order valence-electron chi connectivity index (χ3n) is 4.92. The summed E-state index contributed by atoms with van der Waals surface area (Å²) in [6, 6.07) is 14.9. The molecule has 6 nitrogen and oxygen atoms in total. The van der Waals surface area contributed by atoms with Gasteiger partial charge in [0.05, 0.1) is 19.8 Å². The zero-order chi connectivity index (χ0) is 21.1. The molecule has 0 saturated carbocycles. The summed E-state index contributed by atoms with van der Waals surface area (Å²) in [5, 5.41) is 0. The lowest BCUT2D eigenvalue weighted by Crippen LogP contribution is -2.39. The predicted molar refractivity (Wildman–Crippen MR) is 111 cm³/mol. The number of ether oxygens (including phenoxy) is 2. The van der Waals surface area contributed by atoms with E-state index in [2.05, 4.69) is 0 Å². The number of carbonyl (C=O) groups excluding carboxylic acids is 2. The number of carbonyl (C=O) groups is 2. The van der Waals surface area contributed by atoms with Crippen molar-refractivity contribution in [3.8, 4) is 11.5 Å². The largest absolute Gasteiger partial charge is 0.493 e.